The Labute approximate surface area is 102 Å². The zero-order valence-corrected chi connectivity index (χ0v) is 10.9. The molecule has 0 spiro atoms. The van der Waals surface area contributed by atoms with Crippen LogP contribution in [0.3, 0.4) is 0 Å². The molecule has 0 aromatic carbocycles. The highest BCUT2D eigenvalue weighted by Crippen LogP contribution is 2.17. The molecule has 1 aromatic heterocycles. The van der Waals surface area contributed by atoms with Crippen molar-refractivity contribution in [2.45, 2.75) is 19.4 Å². The monoisotopic (exact) mass is 243 g/mol. The van der Waals surface area contributed by atoms with Crippen molar-refractivity contribution in [1.82, 2.24) is 5.32 Å². The van der Waals surface area contributed by atoms with E-state index < -0.39 is 0 Å². The summed E-state index contributed by atoms with van der Waals surface area (Å²) in [5.41, 5.74) is 0. The molecular weight excluding hydrogens is 222 g/mol. The van der Waals surface area contributed by atoms with Gasteiger partial charge in [-0.05, 0) is 31.3 Å². The lowest BCUT2D eigenvalue weighted by atomic mass is 10.2. The molecule has 0 saturated carbocycles. The minimum absolute atomic E-state index is 0.443. The van der Waals surface area contributed by atoms with Crippen LogP contribution >= 0.6 is 11.3 Å². The first-order chi connectivity index (χ1) is 7.84. The first-order valence-electron chi connectivity index (χ1n) is 5.68. The van der Waals surface area contributed by atoms with Crippen LogP contribution < -0.4 is 5.32 Å². The van der Waals surface area contributed by atoms with Gasteiger partial charge in [0.25, 0.3) is 0 Å². The van der Waals surface area contributed by atoms with Gasteiger partial charge in [0, 0.05) is 24.6 Å². The van der Waals surface area contributed by atoms with Crippen LogP contribution in [-0.2, 0) is 9.47 Å². The highest BCUT2D eigenvalue weighted by molar-refractivity contribution is 7.10. The average molecular weight is 243 g/mol. The molecule has 1 heterocycles. The molecule has 0 bridgehead atoms. The van der Waals surface area contributed by atoms with Gasteiger partial charge in [-0.25, -0.2) is 0 Å². The summed E-state index contributed by atoms with van der Waals surface area (Å²) in [5, 5.41) is 5.59. The molecule has 0 unspecified atom stereocenters. The van der Waals surface area contributed by atoms with Crippen molar-refractivity contribution < 1.29 is 9.47 Å². The second kappa shape index (κ2) is 8.70. The topological polar surface area (TPSA) is 30.5 Å². The smallest absolute Gasteiger partial charge is 0.0700 e. The van der Waals surface area contributed by atoms with Gasteiger partial charge in [0.15, 0.2) is 0 Å². The minimum atomic E-state index is 0.443. The van der Waals surface area contributed by atoms with E-state index in [1.807, 2.05) is 0 Å². The van der Waals surface area contributed by atoms with Gasteiger partial charge in [0.05, 0.1) is 13.2 Å². The van der Waals surface area contributed by atoms with E-state index in [1.165, 1.54) is 4.88 Å². The van der Waals surface area contributed by atoms with Crippen molar-refractivity contribution in [3.8, 4) is 0 Å². The van der Waals surface area contributed by atoms with Crippen LogP contribution in [0.4, 0.5) is 0 Å². The summed E-state index contributed by atoms with van der Waals surface area (Å²) in [6, 6.07) is 4.70. The van der Waals surface area contributed by atoms with Crippen LogP contribution in [0.1, 0.15) is 24.3 Å². The highest BCUT2D eigenvalue weighted by atomic mass is 32.1. The third kappa shape index (κ3) is 5.61. The molecule has 1 atom stereocenters. The molecule has 0 fully saturated rings. The fraction of sp³-hybridized carbons (Fsp3) is 0.667. The summed E-state index contributed by atoms with van der Waals surface area (Å²) in [5.74, 6) is 0. The maximum atomic E-state index is 5.38. The molecule has 0 radical (unpaired) electrons. The number of rotatable bonds is 9. The number of ether oxygens (including phenoxy) is 2. The van der Waals surface area contributed by atoms with Crippen LogP contribution in [-0.4, -0.2) is 33.5 Å². The van der Waals surface area contributed by atoms with Gasteiger partial charge in [0.1, 0.15) is 0 Å². The van der Waals surface area contributed by atoms with Gasteiger partial charge >= 0.3 is 0 Å². The largest absolute Gasteiger partial charge is 0.382 e. The zero-order chi connectivity index (χ0) is 11.6. The minimum Gasteiger partial charge on any atom is -0.382 e. The highest BCUT2D eigenvalue weighted by Gasteiger charge is 2.03. The van der Waals surface area contributed by atoms with E-state index in [4.69, 9.17) is 9.47 Å². The summed E-state index contributed by atoms with van der Waals surface area (Å²) in [4.78, 5) is 1.39. The normalized spacial score (nSPS) is 12.9. The molecule has 92 valence electrons. The SMILES string of the molecule is COCCOCCCN[C@H](C)c1cccs1. The Hall–Kier alpha value is -0.420. The van der Waals surface area contributed by atoms with Crippen LogP contribution in [0.5, 0.6) is 0 Å². The molecule has 16 heavy (non-hydrogen) atoms. The van der Waals surface area contributed by atoms with Crippen molar-refractivity contribution >= 4 is 11.3 Å². The maximum absolute atomic E-state index is 5.38. The maximum Gasteiger partial charge on any atom is 0.0700 e. The molecule has 1 rings (SSSR count). The van der Waals surface area contributed by atoms with E-state index in [1.54, 1.807) is 18.4 Å². The van der Waals surface area contributed by atoms with Crippen LogP contribution in [0, 0.1) is 0 Å². The summed E-state index contributed by atoms with van der Waals surface area (Å²) in [6.07, 6.45) is 1.04. The van der Waals surface area contributed by atoms with Crippen molar-refractivity contribution in [2.75, 3.05) is 33.5 Å². The Bertz CT molecular complexity index is 252. The van der Waals surface area contributed by atoms with E-state index in [9.17, 15) is 0 Å². The average Bonchev–Trinajstić information content (AvgIpc) is 2.81. The lowest BCUT2D eigenvalue weighted by molar-refractivity contribution is 0.0693. The number of nitrogens with one attached hydrogen (secondary N) is 1. The fourth-order valence-electron chi connectivity index (χ4n) is 1.38. The molecule has 1 aromatic rings. The number of methoxy groups -OCH3 is 1. The van der Waals surface area contributed by atoms with Crippen molar-refractivity contribution in [2.24, 2.45) is 0 Å². The van der Waals surface area contributed by atoms with Gasteiger partial charge in [-0.1, -0.05) is 6.07 Å². The third-order valence-electron chi connectivity index (χ3n) is 2.32. The van der Waals surface area contributed by atoms with Gasteiger partial charge in [-0.2, -0.15) is 0 Å². The van der Waals surface area contributed by atoms with E-state index in [-0.39, 0.29) is 0 Å². The predicted octanol–water partition coefficient (Wildman–Crippen LogP) is 2.45. The fourth-order valence-corrected chi connectivity index (χ4v) is 2.13. The molecule has 1 N–H and O–H groups in total. The van der Waals surface area contributed by atoms with Crippen molar-refractivity contribution in [3.63, 3.8) is 0 Å². The van der Waals surface area contributed by atoms with E-state index in [0.29, 0.717) is 19.3 Å². The Kier molecular flexibility index (Phi) is 7.42. The molecule has 0 aliphatic rings. The molecule has 4 heteroatoms. The number of hydrogen-bond donors (Lipinski definition) is 1. The van der Waals surface area contributed by atoms with Gasteiger partial charge in [-0.15, -0.1) is 11.3 Å². The Morgan fingerprint density at radius 1 is 1.38 bits per heavy atom. The number of hydrogen-bond acceptors (Lipinski definition) is 4. The Morgan fingerprint density at radius 3 is 2.94 bits per heavy atom. The summed E-state index contributed by atoms with van der Waals surface area (Å²) < 4.78 is 10.3. The standard InChI is InChI=1S/C12H21NO2S/c1-11(12-5-3-10-16-12)13-6-4-7-15-9-8-14-2/h3,5,10-11,13H,4,6-9H2,1-2H3/t11-/m1/s1. The molecule has 3 nitrogen and oxygen atoms in total. The van der Waals surface area contributed by atoms with Gasteiger partial charge in [0.2, 0.25) is 0 Å². The van der Waals surface area contributed by atoms with Gasteiger partial charge in [-0.3, -0.25) is 0 Å². The van der Waals surface area contributed by atoms with Crippen LogP contribution in [0.15, 0.2) is 17.5 Å². The van der Waals surface area contributed by atoms with Crippen LogP contribution in [0.2, 0.25) is 0 Å². The second-order valence-corrected chi connectivity index (χ2v) is 4.63. The second-order valence-electron chi connectivity index (χ2n) is 3.65. The first kappa shape index (κ1) is 13.6. The molecular formula is C12H21NO2S. The van der Waals surface area contributed by atoms with E-state index in [2.05, 4.69) is 29.8 Å². The predicted molar refractivity (Wildman–Crippen MR) is 68.0 cm³/mol. The Balaban J connectivity index is 1.95. The van der Waals surface area contributed by atoms with Gasteiger partial charge < -0.3 is 14.8 Å². The summed E-state index contributed by atoms with van der Waals surface area (Å²) in [6.45, 7) is 5.35. The number of thiophene rings is 1. The lowest BCUT2D eigenvalue weighted by Gasteiger charge is -2.11. The lowest BCUT2D eigenvalue weighted by Crippen LogP contribution is -2.20. The zero-order valence-electron chi connectivity index (χ0n) is 10.1. The van der Waals surface area contributed by atoms with E-state index in [0.717, 1.165) is 19.6 Å². The Morgan fingerprint density at radius 2 is 2.25 bits per heavy atom. The van der Waals surface area contributed by atoms with Crippen molar-refractivity contribution in [1.29, 1.82) is 0 Å². The quantitative estimate of drug-likeness (QED) is 0.676. The van der Waals surface area contributed by atoms with E-state index >= 15 is 0 Å². The van der Waals surface area contributed by atoms with Crippen molar-refractivity contribution in [3.05, 3.63) is 22.4 Å². The first-order valence-corrected chi connectivity index (χ1v) is 6.56. The van der Waals surface area contributed by atoms with Crippen LogP contribution in [0.25, 0.3) is 0 Å². The third-order valence-corrected chi connectivity index (χ3v) is 3.37. The molecule has 0 aliphatic carbocycles. The summed E-state index contributed by atoms with van der Waals surface area (Å²) in [7, 11) is 1.69. The molecule has 0 aliphatic heterocycles. The summed E-state index contributed by atoms with van der Waals surface area (Å²) >= 11 is 1.80. The molecule has 0 amide bonds. The molecule has 0 saturated heterocycles.